The van der Waals surface area contributed by atoms with Crippen molar-refractivity contribution < 1.29 is 17.6 Å². The zero-order valence-electron chi connectivity index (χ0n) is 12.0. The maximum absolute atomic E-state index is 13.7. The van der Waals surface area contributed by atoms with Crippen LogP contribution in [0.3, 0.4) is 0 Å². The van der Waals surface area contributed by atoms with Crippen molar-refractivity contribution in [2.24, 2.45) is 0 Å². The van der Waals surface area contributed by atoms with Gasteiger partial charge in [-0.1, -0.05) is 0 Å². The molecular weight excluding hydrogens is 288 g/mol. The Kier molecular flexibility index (Phi) is 5.00. The molecule has 0 aliphatic carbocycles. The predicted molar refractivity (Wildman–Crippen MR) is 71.3 cm³/mol. The molecule has 1 saturated heterocycles. The van der Waals surface area contributed by atoms with Crippen LogP contribution in [0.15, 0.2) is 0 Å². The second kappa shape index (κ2) is 6.57. The van der Waals surface area contributed by atoms with E-state index in [0.717, 1.165) is 13.1 Å². The van der Waals surface area contributed by atoms with Crippen LogP contribution in [-0.4, -0.2) is 68.1 Å². The lowest BCUT2D eigenvalue weighted by molar-refractivity contribution is 0.228. The summed E-state index contributed by atoms with van der Waals surface area (Å²) in [6.45, 7) is 3.50. The van der Waals surface area contributed by atoms with Crippen LogP contribution in [0.4, 0.5) is 23.2 Å². The van der Waals surface area contributed by atoms with E-state index >= 15 is 0 Å². The third-order valence-electron chi connectivity index (χ3n) is 3.53. The van der Waals surface area contributed by atoms with Gasteiger partial charge >= 0.3 is 0 Å². The lowest BCUT2D eigenvalue weighted by Gasteiger charge is -2.36. The summed E-state index contributed by atoms with van der Waals surface area (Å²) in [6, 6.07) is 0. The van der Waals surface area contributed by atoms with Crippen molar-refractivity contribution in [3.8, 4) is 0 Å². The average Bonchev–Trinajstić information content (AvgIpc) is 2.44. The van der Waals surface area contributed by atoms with E-state index in [4.69, 9.17) is 0 Å². The van der Waals surface area contributed by atoms with E-state index in [1.54, 1.807) is 0 Å². The quantitative estimate of drug-likeness (QED) is 0.618. The van der Waals surface area contributed by atoms with Gasteiger partial charge in [-0.05, 0) is 14.1 Å². The van der Waals surface area contributed by atoms with Crippen molar-refractivity contribution in [2.75, 3.05) is 58.3 Å². The van der Waals surface area contributed by atoms with Gasteiger partial charge in [0.25, 0.3) is 11.9 Å². The lowest BCUT2D eigenvalue weighted by Crippen LogP contribution is -2.48. The molecule has 1 aliphatic heterocycles. The van der Waals surface area contributed by atoms with E-state index < -0.39 is 29.2 Å². The predicted octanol–water partition coefficient (Wildman–Crippen LogP) is 1.32. The zero-order valence-corrected chi connectivity index (χ0v) is 12.0. The number of hydrogen-bond acceptors (Lipinski definition) is 4. The van der Waals surface area contributed by atoms with Gasteiger partial charge in [0.1, 0.15) is 5.69 Å². The van der Waals surface area contributed by atoms with Crippen LogP contribution >= 0.6 is 0 Å². The van der Waals surface area contributed by atoms with Crippen LogP contribution in [0.2, 0.25) is 0 Å². The molecule has 0 unspecified atom stereocenters. The van der Waals surface area contributed by atoms with Crippen molar-refractivity contribution >= 4 is 5.69 Å². The second-order valence-electron chi connectivity index (χ2n) is 5.30. The highest BCUT2D eigenvalue weighted by atomic mass is 19.2. The van der Waals surface area contributed by atoms with Crippen LogP contribution in [0.1, 0.15) is 0 Å². The number of piperazine rings is 1. The number of halogens is 4. The number of likely N-dealkylation sites (N-methyl/N-ethyl adjacent to an activating group) is 1. The molecule has 1 aromatic rings. The number of rotatable bonds is 4. The SMILES string of the molecule is CN(C)CCN1CCN(c2c(F)c(F)nc(F)c2F)CC1. The van der Waals surface area contributed by atoms with E-state index in [-0.39, 0.29) is 0 Å². The minimum atomic E-state index is -1.61. The molecule has 0 spiro atoms. The van der Waals surface area contributed by atoms with Crippen LogP contribution < -0.4 is 4.90 Å². The summed E-state index contributed by atoms with van der Waals surface area (Å²) in [6.07, 6.45) is 0. The summed E-state index contributed by atoms with van der Waals surface area (Å²) in [5, 5.41) is 0. The van der Waals surface area contributed by atoms with Gasteiger partial charge in [-0.15, -0.1) is 0 Å². The molecule has 8 heteroatoms. The Morgan fingerprint density at radius 1 is 0.952 bits per heavy atom. The number of pyridine rings is 1. The third-order valence-corrected chi connectivity index (χ3v) is 3.53. The molecule has 0 atom stereocenters. The first-order valence-corrected chi connectivity index (χ1v) is 6.72. The maximum Gasteiger partial charge on any atom is 0.253 e. The molecule has 118 valence electrons. The van der Waals surface area contributed by atoms with Crippen molar-refractivity contribution in [1.82, 2.24) is 14.8 Å². The number of aromatic nitrogens is 1. The van der Waals surface area contributed by atoms with Crippen molar-refractivity contribution in [3.05, 3.63) is 23.5 Å². The van der Waals surface area contributed by atoms with Gasteiger partial charge in [-0.3, -0.25) is 4.90 Å². The molecule has 0 N–H and O–H groups in total. The Bertz CT molecular complexity index is 475. The molecule has 0 aromatic carbocycles. The van der Waals surface area contributed by atoms with E-state index in [1.807, 2.05) is 19.0 Å². The van der Waals surface area contributed by atoms with Crippen molar-refractivity contribution in [1.29, 1.82) is 0 Å². The first-order chi connectivity index (χ1) is 9.90. The fourth-order valence-corrected chi connectivity index (χ4v) is 2.29. The summed E-state index contributed by atoms with van der Waals surface area (Å²) in [5.41, 5.74) is -0.660. The molecule has 0 saturated carbocycles. The number of hydrogen-bond donors (Lipinski definition) is 0. The molecule has 0 amide bonds. The summed E-state index contributed by atoms with van der Waals surface area (Å²) >= 11 is 0. The smallest absolute Gasteiger partial charge is 0.253 e. The van der Waals surface area contributed by atoms with Crippen LogP contribution in [-0.2, 0) is 0 Å². The second-order valence-corrected chi connectivity index (χ2v) is 5.30. The summed E-state index contributed by atoms with van der Waals surface area (Å²) in [4.78, 5) is 8.07. The van der Waals surface area contributed by atoms with Gasteiger partial charge in [0, 0.05) is 39.3 Å². The van der Waals surface area contributed by atoms with Gasteiger partial charge in [-0.2, -0.15) is 22.5 Å². The van der Waals surface area contributed by atoms with Gasteiger partial charge in [0.15, 0.2) is 0 Å². The van der Waals surface area contributed by atoms with Crippen LogP contribution in [0.5, 0.6) is 0 Å². The Hall–Kier alpha value is -1.41. The average molecular weight is 306 g/mol. The topological polar surface area (TPSA) is 22.6 Å². The number of nitrogens with zero attached hydrogens (tertiary/aromatic N) is 4. The first-order valence-electron chi connectivity index (χ1n) is 6.72. The number of anilines is 1. The highest BCUT2D eigenvalue weighted by Crippen LogP contribution is 2.27. The van der Waals surface area contributed by atoms with E-state index in [2.05, 4.69) is 9.88 Å². The highest BCUT2D eigenvalue weighted by molar-refractivity contribution is 5.49. The van der Waals surface area contributed by atoms with E-state index in [9.17, 15) is 17.6 Å². The molecule has 21 heavy (non-hydrogen) atoms. The molecule has 1 aromatic heterocycles. The monoisotopic (exact) mass is 306 g/mol. The lowest BCUT2D eigenvalue weighted by atomic mass is 10.2. The highest BCUT2D eigenvalue weighted by Gasteiger charge is 2.27. The molecule has 0 radical (unpaired) electrons. The normalized spacial score (nSPS) is 16.8. The minimum absolute atomic E-state index is 0.310. The zero-order chi connectivity index (χ0) is 15.6. The molecule has 2 heterocycles. The van der Waals surface area contributed by atoms with Gasteiger partial charge < -0.3 is 9.80 Å². The van der Waals surface area contributed by atoms with Gasteiger partial charge in [-0.25, -0.2) is 0 Å². The standard InChI is InChI=1S/C13H18F4N4/c1-19(2)3-4-20-5-7-21(8-6-20)11-9(14)12(16)18-13(17)10(11)15/h3-8H2,1-2H3. The molecule has 1 aliphatic rings. The Morgan fingerprint density at radius 2 is 1.48 bits per heavy atom. The molecule has 2 rings (SSSR count). The summed E-state index contributed by atoms with van der Waals surface area (Å²) < 4.78 is 53.6. The molecule has 4 nitrogen and oxygen atoms in total. The van der Waals surface area contributed by atoms with Gasteiger partial charge in [0.05, 0.1) is 0 Å². The fourth-order valence-electron chi connectivity index (χ4n) is 2.29. The minimum Gasteiger partial charge on any atom is -0.364 e. The first kappa shape index (κ1) is 16.0. The van der Waals surface area contributed by atoms with Crippen molar-refractivity contribution in [3.63, 3.8) is 0 Å². The third kappa shape index (κ3) is 3.62. The Balaban J connectivity index is 2.06. The van der Waals surface area contributed by atoms with Gasteiger partial charge in [0.2, 0.25) is 11.6 Å². The molecule has 1 fully saturated rings. The maximum atomic E-state index is 13.7. The van der Waals surface area contributed by atoms with Crippen LogP contribution in [0, 0.1) is 23.5 Å². The van der Waals surface area contributed by atoms with Crippen molar-refractivity contribution in [2.45, 2.75) is 0 Å². The Morgan fingerprint density at radius 3 is 1.95 bits per heavy atom. The van der Waals surface area contributed by atoms with E-state index in [0.29, 0.717) is 26.2 Å². The van der Waals surface area contributed by atoms with Crippen LogP contribution in [0.25, 0.3) is 0 Å². The fraction of sp³-hybridized carbons (Fsp3) is 0.615. The summed E-state index contributed by atoms with van der Waals surface area (Å²) in [7, 11) is 3.92. The molecule has 0 bridgehead atoms. The summed E-state index contributed by atoms with van der Waals surface area (Å²) in [5.74, 6) is -6.09. The van der Waals surface area contributed by atoms with E-state index in [1.165, 1.54) is 4.90 Å². The largest absolute Gasteiger partial charge is 0.364 e. The Labute approximate surface area is 121 Å². The molecular formula is C13H18F4N4.